The van der Waals surface area contributed by atoms with Gasteiger partial charge in [0.2, 0.25) is 0 Å². The smallest absolute Gasteiger partial charge is 0.410 e. The SMILES string of the molecule is O=C(NCCN1CCN(C(=O)OCc2cc(Cl)cc(Cl)c2)CC1)C1=CC2N=NNC2C=C1. The third-order valence-corrected chi connectivity index (χ3v) is 5.93. The number of halogens is 2. The van der Waals surface area contributed by atoms with Crippen LogP contribution in [0.25, 0.3) is 0 Å². The van der Waals surface area contributed by atoms with Gasteiger partial charge in [-0.3, -0.25) is 15.1 Å². The number of nitrogens with one attached hydrogen (secondary N) is 2. The molecule has 1 aromatic rings. The van der Waals surface area contributed by atoms with Crippen molar-refractivity contribution in [3.05, 3.63) is 57.6 Å². The van der Waals surface area contributed by atoms with Crippen molar-refractivity contribution in [2.75, 3.05) is 39.3 Å². The number of hydrogen-bond acceptors (Lipinski definition) is 7. The van der Waals surface area contributed by atoms with E-state index in [0.717, 1.165) is 5.56 Å². The van der Waals surface area contributed by atoms with Crippen molar-refractivity contribution in [1.82, 2.24) is 20.5 Å². The topological polar surface area (TPSA) is 98.6 Å². The summed E-state index contributed by atoms with van der Waals surface area (Å²) in [5, 5.41) is 11.8. The minimum Gasteiger partial charge on any atom is -0.445 e. The lowest BCUT2D eigenvalue weighted by Gasteiger charge is -2.34. The van der Waals surface area contributed by atoms with Crippen LogP contribution >= 0.6 is 23.2 Å². The van der Waals surface area contributed by atoms with Crippen molar-refractivity contribution in [3.63, 3.8) is 0 Å². The van der Waals surface area contributed by atoms with Crippen molar-refractivity contribution < 1.29 is 14.3 Å². The van der Waals surface area contributed by atoms with Crippen LogP contribution < -0.4 is 10.7 Å². The first-order chi connectivity index (χ1) is 15.5. The molecule has 2 N–H and O–H groups in total. The van der Waals surface area contributed by atoms with E-state index in [1.54, 1.807) is 29.2 Å². The minimum absolute atomic E-state index is 0.0397. The summed E-state index contributed by atoms with van der Waals surface area (Å²) in [4.78, 5) is 28.6. The number of benzene rings is 1. The van der Waals surface area contributed by atoms with Gasteiger partial charge < -0.3 is 15.0 Å². The summed E-state index contributed by atoms with van der Waals surface area (Å²) in [6, 6.07) is 4.99. The summed E-state index contributed by atoms with van der Waals surface area (Å²) in [6.45, 7) is 3.92. The molecule has 2 aliphatic heterocycles. The number of hydrogen-bond donors (Lipinski definition) is 2. The molecule has 0 radical (unpaired) electrons. The highest BCUT2D eigenvalue weighted by atomic mass is 35.5. The molecule has 32 heavy (non-hydrogen) atoms. The fraction of sp³-hybridized carbons (Fsp3) is 0.429. The molecule has 2 amide bonds. The molecule has 1 saturated heterocycles. The van der Waals surface area contributed by atoms with Crippen LogP contribution in [-0.4, -0.2) is 73.2 Å². The van der Waals surface area contributed by atoms with Crippen LogP contribution in [0.2, 0.25) is 10.0 Å². The lowest BCUT2D eigenvalue weighted by Crippen LogP contribution is -2.50. The Morgan fingerprint density at radius 3 is 2.66 bits per heavy atom. The van der Waals surface area contributed by atoms with Gasteiger partial charge in [0, 0.05) is 54.9 Å². The van der Waals surface area contributed by atoms with E-state index in [9.17, 15) is 9.59 Å². The second-order valence-corrected chi connectivity index (χ2v) is 8.63. The summed E-state index contributed by atoms with van der Waals surface area (Å²) in [6.07, 6.45) is 5.16. The van der Waals surface area contributed by atoms with E-state index in [1.165, 1.54) is 0 Å². The van der Waals surface area contributed by atoms with Gasteiger partial charge in [-0.2, -0.15) is 5.11 Å². The maximum Gasteiger partial charge on any atom is 0.410 e. The molecule has 2 atom stereocenters. The van der Waals surface area contributed by atoms with E-state index in [1.807, 2.05) is 12.2 Å². The van der Waals surface area contributed by atoms with Crippen molar-refractivity contribution >= 4 is 35.2 Å². The van der Waals surface area contributed by atoms with Crippen molar-refractivity contribution in [2.24, 2.45) is 10.3 Å². The number of carbonyl (C=O) groups is 2. The third-order valence-electron chi connectivity index (χ3n) is 5.49. The molecule has 0 bridgehead atoms. The fourth-order valence-corrected chi connectivity index (χ4v) is 4.29. The van der Waals surface area contributed by atoms with Crippen LogP contribution in [0.4, 0.5) is 4.79 Å². The Bertz CT molecular complexity index is 939. The summed E-state index contributed by atoms with van der Waals surface area (Å²) in [7, 11) is 0. The van der Waals surface area contributed by atoms with Gasteiger partial charge in [0.1, 0.15) is 12.6 Å². The van der Waals surface area contributed by atoms with E-state index in [-0.39, 0.29) is 30.7 Å². The highest BCUT2D eigenvalue weighted by Gasteiger charge is 2.26. The Hall–Kier alpha value is -2.62. The normalized spacial score (nSPS) is 22.2. The molecule has 1 aliphatic carbocycles. The molecule has 170 valence electrons. The number of nitrogens with zero attached hydrogens (tertiary/aromatic N) is 4. The molecular formula is C21H24Cl2N6O3. The van der Waals surface area contributed by atoms with E-state index in [4.69, 9.17) is 27.9 Å². The van der Waals surface area contributed by atoms with Gasteiger partial charge in [-0.05, 0) is 29.8 Å². The molecule has 2 heterocycles. The summed E-state index contributed by atoms with van der Waals surface area (Å²) in [5.41, 5.74) is 4.22. The maximum absolute atomic E-state index is 12.4. The number of ether oxygens (including phenoxy) is 1. The van der Waals surface area contributed by atoms with Crippen LogP contribution in [-0.2, 0) is 16.1 Å². The second-order valence-electron chi connectivity index (χ2n) is 7.76. The van der Waals surface area contributed by atoms with E-state index in [0.29, 0.717) is 54.9 Å². The predicted molar refractivity (Wildman–Crippen MR) is 120 cm³/mol. The fourth-order valence-electron chi connectivity index (χ4n) is 3.72. The lowest BCUT2D eigenvalue weighted by molar-refractivity contribution is -0.117. The molecule has 0 saturated carbocycles. The summed E-state index contributed by atoms with van der Waals surface area (Å²) >= 11 is 11.9. The number of fused-ring (bicyclic) bond motifs is 1. The number of piperazine rings is 1. The molecule has 3 aliphatic rings. The van der Waals surface area contributed by atoms with E-state index in [2.05, 4.69) is 26.0 Å². The molecule has 2 unspecified atom stereocenters. The van der Waals surface area contributed by atoms with Gasteiger partial charge in [-0.15, -0.1) is 0 Å². The first-order valence-electron chi connectivity index (χ1n) is 10.4. The number of rotatable bonds is 6. The molecule has 1 fully saturated rings. The van der Waals surface area contributed by atoms with Crippen LogP contribution in [0.5, 0.6) is 0 Å². The zero-order chi connectivity index (χ0) is 22.5. The monoisotopic (exact) mass is 478 g/mol. The predicted octanol–water partition coefficient (Wildman–Crippen LogP) is 2.57. The lowest BCUT2D eigenvalue weighted by atomic mass is 9.99. The van der Waals surface area contributed by atoms with Gasteiger partial charge in [-0.1, -0.05) is 40.6 Å². The van der Waals surface area contributed by atoms with Gasteiger partial charge >= 0.3 is 6.09 Å². The Balaban J connectivity index is 1.14. The van der Waals surface area contributed by atoms with Crippen molar-refractivity contribution in [1.29, 1.82) is 0 Å². The largest absolute Gasteiger partial charge is 0.445 e. The molecular weight excluding hydrogens is 455 g/mol. The molecule has 4 rings (SSSR count). The second kappa shape index (κ2) is 10.3. The highest BCUT2D eigenvalue weighted by molar-refractivity contribution is 6.34. The highest BCUT2D eigenvalue weighted by Crippen LogP contribution is 2.20. The van der Waals surface area contributed by atoms with Crippen molar-refractivity contribution in [2.45, 2.75) is 18.7 Å². The van der Waals surface area contributed by atoms with Gasteiger partial charge in [0.15, 0.2) is 0 Å². The van der Waals surface area contributed by atoms with Crippen molar-refractivity contribution in [3.8, 4) is 0 Å². The average molecular weight is 479 g/mol. The Morgan fingerprint density at radius 2 is 1.91 bits per heavy atom. The summed E-state index contributed by atoms with van der Waals surface area (Å²) in [5.74, 6) is -0.120. The molecule has 0 aromatic heterocycles. The van der Waals surface area contributed by atoms with Crippen LogP contribution in [0.1, 0.15) is 5.56 Å². The standard InChI is InChI=1S/C21H24Cl2N6O3/c22-16-9-14(10-17(23)12-16)13-32-21(31)29-7-5-28(6-8-29)4-3-24-20(30)15-1-2-18-19(11-15)26-27-25-18/h1-2,9-12,18-19H,3-8,13H2,(H,24,30)(H,25,26). The quantitative estimate of drug-likeness (QED) is 0.654. The summed E-state index contributed by atoms with van der Waals surface area (Å²) < 4.78 is 5.39. The zero-order valence-electron chi connectivity index (χ0n) is 17.3. The van der Waals surface area contributed by atoms with Gasteiger partial charge in [0.25, 0.3) is 5.91 Å². The average Bonchev–Trinajstić information content (AvgIpc) is 3.25. The molecule has 11 heteroatoms. The Kier molecular flexibility index (Phi) is 7.29. The first-order valence-corrected chi connectivity index (χ1v) is 11.2. The first kappa shape index (κ1) is 22.6. The van der Waals surface area contributed by atoms with Crippen LogP contribution in [0.15, 0.2) is 52.3 Å². The van der Waals surface area contributed by atoms with Crippen LogP contribution in [0.3, 0.4) is 0 Å². The maximum atomic E-state index is 12.4. The number of carbonyl (C=O) groups excluding carboxylic acids is 2. The molecule has 0 spiro atoms. The number of amides is 2. The Morgan fingerprint density at radius 1 is 1.16 bits per heavy atom. The van der Waals surface area contributed by atoms with E-state index < -0.39 is 0 Å². The van der Waals surface area contributed by atoms with Crippen LogP contribution in [0, 0.1) is 0 Å². The third kappa shape index (κ3) is 5.79. The molecule has 9 nitrogen and oxygen atoms in total. The Labute approximate surface area is 196 Å². The van der Waals surface area contributed by atoms with Gasteiger partial charge in [-0.25, -0.2) is 4.79 Å². The minimum atomic E-state index is -0.359. The van der Waals surface area contributed by atoms with Gasteiger partial charge in [0.05, 0.1) is 6.04 Å². The molecule has 1 aromatic carbocycles. The zero-order valence-corrected chi connectivity index (χ0v) is 18.8. The van der Waals surface area contributed by atoms with E-state index >= 15 is 0 Å².